The molecule has 0 unspecified atom stereocenters. The van der Waals surface area contributed by atoms with E-state index in [1.807, 2.05) is 0 Å². The second-order valence-electron chi connectivity index (χ2n) is 6.00. The molecule has 0 bridgehead atoms. The Bertz CT molecular complexity index is 1070. The molecule has 11 heteroatoms. The summed E-state index contributed by atoms with van der Waals surface area (Å²) in [6, 6.07) is 7.70. The number of halogens is 3. The van der Waals surface area contributed by atoms with Crippen molar-refractivity contribution < 1.29 is 31.8 Å². The molecule has 160 valence electrons. The van der Waals surface area contributed by atoms with Crippen molar-refractivity contribution in [3.8, 4) is 28.7 Å². The minimum atomic E-state index is -4.47. The van der Waals surface area contributed by atoms with E-state index in [4.69, 9.17) is 18.6 Å². The molecule has 0 fully saturated rings. The SMILES string of the molecule is COc1cc(-c2nn(CNc3cccc(C(F)(F)F)c3)c(=O)o2)cc(OC)c1OC. The van der Waals surface area contributed by atoms with Crippen molar-refractivity contribution in [2.75, 3.05) is 26.6 Å². The van der Waals surface area contributed by atoms with Gasteiger partial charge in [0.25, 0.3) is 0 Å². The van der Waals surface area contributed by atoms with Gasteiger partial charge in [0, 0.05) is 11.3 Å². The lowest BCUT2D eigenvalue weighted by Gasteiger charge is -2.12. The van der Waals surface area contributed by atoms with Gasteiger partial charge in [0.1, 0.15) is 6.67 Å². The Hall–Kier alpha value is -3.63. The molecule has 0 spiro atoms. The van der Waals surface area contributed by atoms with Crippen LogP contribution in [0.3, 0.4) is 0 Å². The Morgan fingerprint density at radius 3 is 2.30 bits per heavy atom. The molecule has 1 N–H and O–H groups in total. The fraction of sp³-hybridized carbons (Fsp3) is 0.263. The molecule has 2 aromatic carbocycles. The van der Waals surface area contributed by atoms with Crippen LogP contribution in [-0.2, 0) is 12.8 Å². The van der Waals surface area contributed by atoms with Crippen LogP contribution in [0, 0.1) is 0 Å². The summed E-state index contributed by atoms with van der Waals surface area (Å²) in [6.07, 6.45) is -4.47. The molecule has 1 heterocycles. The van der Waals surface area contributed by atoms with Crippen molar-refractivity contribution in [3.63, 3.8) is 0 Å². The monoisotopic (exact) mass is 425 g/mol. The molecule has 0 amide bonds. The summed E-state index contributed by atoms with van der Waals surface area (Å²) in [5, 5.41) is 6.79. The Balaban J connectivity index is 1.85. The molecule has 3 rings (SSSR count). The molecular formula is C19H18F3N3O5. The first-order valence-corrected chi connectivity index (χ1v) is 8.56. The van der Waals surface area contributed by atoms with Gasteiger partial charge in [0.2, 0.25) is 11.6 Å². The van der Waals surface area contributed by atoms with Gasteiger partial charge in [-0.25, -0.2) is 4.79 Å². The van der Waals surface area contributed by atoms with E-state index in [0.29, 0.717) is 22.8 Å². The Labute approximate surface area is 168 Å². The fourth-order valence-electron chi connectivity index (χ4n) is 2.70. The van der Waals surface area contributed by atoms with Gasteiger partial charge in [0.05, 0.1) is 26.9 Å². The van der Waals surface area contributed by atoms with Gasteiger partial charge in [-0.05, 0) is 30.3 Å². The smallest absolute Gasteiger partial charge is 0.439 e. The average Bonchev–Trinajstić information content (AvgIpc) is 3.11. The van der Waals surface area contributed by atoms with Crippen LogP contribution in [0.2, 0.25) is 0 Å². The van der Waals surface area contributed by atoms with E-state index >= 15 is 0 Å². The predicted octanol–water partition coefficient (Wildman–Crippen LogP) is 3.62. The number of nitrogens with one attached hydrogen (secondary N) is 1. The minimum Gasteiger partial charge on any atom is -0.493 e. The predicted molar refractivity (Wildman–Crippen MR) is 101 cm³/mol. The maximum Gasteiger partial charge on any atom is 0.439 e. The van der Waals surface area contributed by atoms with E-state index in [9.17, 15) is 18.0 Å². The highest BCUT2D eigenvalue weighted by Gasteiger charge is 2.30. The molecule has 1 aromatic heterocycles. The van der Waals surface area contributed by atoms with Gasteiger partial charge < -0.3 is 23.9 Å². The third-order valence-electron chi connectivity index (χ3n) is 4.14. The first kappa shape index (κ1) is 21.1. The van der Waals surface area contributed by atoms with E-state index in [2.05, 4.69) is 10.4 Å². The van der Waals surface area contributed by atoms with Crippen LogP contribution in [0.15, 0.2) is 45.6 Å². The number of ether oxygens (including phenoxy) is 3. The van der Waals surface area contributed by atoms with E-state index in [0.717, 1.165) is 16.8 Å². The molecule has 0 aliphatic carbocycles. The average molecular weight is 425 g/mol. The summed E-state index contributed by atoms with van der Waals surface area (Å²) in [7, 11) is 4.33. The zero-order valence-corrected chi connectivity index (χ0v) is 16.2. The number of hydrogen-bond acceptors (Lipinski definition) is 7. The number of alkyl halides is 3. The highest BCUT2D eigenvalue weighted by atomic mass is 19.4. The summed E-state index contributed by atoms with van der Waals surface area (Å²) in [5.41, 5.74) is -0.244. The summed E-state index contributed by atoms with van der Waals surface area (Å²) in [5.74, 6) is 0.220. The number of anilines is 1. The first-order chi connectivity index (χ1) is 14.3. The molecule has 3 aromatic rings. The Morgan fingerprint density at radius 1 is 1.07 bits per heavy atom. The maximum absolute atomic E-state index is 12.8. The standard InChI is InChI=1S/C19H18F3N3O5/c1-27-14-7-11(8-15(28-2)16(14)29-3)17-24-25(18(26)30-17)10-23-13-6-4-5-12(9-13)19(20,21)22/h4-9,23H,10H2,1-3H3. The van der Waals surface area contributed by atoms with Crippen LogP contribution in [0.25, 0.3) is 11.5 Å². The quantitative estimate of drug-likeness (QED) is 0.619. The van der Waals surface area contributed by atoms with Gasteiger partial charge in [-0.1, -0.05) is 6.07 Å². The van der Waals surface area contributed by atoms with Crippen LogP contribution >= 0.6 is 0 Å². The Kier molecular flexibility index (Phi) is 5.90. The maximum atomic E-state index is 12.8. The van der Waals surface area contributed by atoms with Crippen molar-refractivity contribution in [2.24, 2.45) is 0 Å². The van der Waals surface area contributed by atoms with Gasteiger partial charge in [0.15, 0.2) is 11.5 Å². The number of methoxy groups -OCH3 is 3. The lowest BCUT2D eigenvalue weighted by molar-refractivity contribution is -0.137. The first-order valence-electron chi connectivity index (χ1n) is 8.56. The molecule has 30 heavy (non-hydrogen) atoms. The van der Waals surface area contributed by atoms with E-state index in [-0.39, 0.29) is 18.2 Å². The Morgan fingerprint density at radius 2 is 1.73 bits per heavy atom. The van der Waals surface area contributed by atoms with Crippen LogP contribution in [0.1, 0.15) is 5.56 Å². The molecular weight excluding hydrogens is 407 g/mol. The highest BCUT2D eigenvalue weighted by Crippen LogP contribution is 2.40. The number of benzene rings is 2. The normalized spacial score (nSPS) is 11.3. The third kappa shape index (κ3) is 4.34. The molecule has 8 nitrogen and oxygen atoms in total. The third-order valence-corrected chi connectivity index (χ3v) is 4.14. The van der Waals surface area contributed by atoms with Crippen molar-refractivity contribution in [1.82, 2.24) is 9.78 Å². The lowest BCUT2D eigenvalue weighted by atomic mass is 10.2. The zero-order chi connectivity index (χ0) is 21.9. The van der Waals surface area contributed by atoms with E-state index < -0.39 is 17.5 Å². The van der Waals surface area contributed by atoms with Crippen molar-refractivity contribution in [2.45, 2.75) is 12.8 Å². The number of hydrogen-bond donors (Lipinski definition) is 1. The molecule has 0 aliphatic rings. The number of nitrogens with zero attached hydrogens (tertiary/aromatic N) is 2. The molecule has 0 aliphatic heterocycles. The van der Waals surface area contributed by atoms with Crippen molar-refractivity contribution >= 4 is 5.69 Å². The topological polar surface area (TPSA) is 87.8 Å². The van der Waals surface area contributed by atoms with Gasteiger partial charge in [-0.2, -0.15) is 17.9 Å². The van der Waals surface area contributed by atoms with Crippen LogP contribution in [0.5, 0.6) is 17.2 Å². The number of rotatable bonds is 7. The highest BCUT2D eigenvalue weighted by molar-refractivity contribution is 5.65. The molecule has 0 saturated carbocycles. The number of aromatic nitrogens is 2. The largest absolute Gasteiger partial charge is 0.493 e. The fourth-order valence-corrected chi connectivity index (χ4v) is 2.70. The van der Waals surface area contributed by atoms with Gasteiger partial charge in [-0.15, -0.1) is 5.10 Å². The second kappa shape index (κ2) is 8.39. The van der Waals surface area contributed by atoms with Crippen molar-refractivity contribution in [1.29, 1.82) is 0 Å². The summed E-state index contributed by atoms with van der Waals surface area (Å²) >= 11 is 0. The summed E-state index contributed by atoms with van der Waals surface area (Å²) in [6.45, 7) is -0.200. The van der Waals surface area contributed by atoms with Crippen LogP contribution in [0.4, 0.5) is 18.9 Å². The minimum absolute atomic E-state index is 0.0231. The molecule has 0 atom stereocenters. The summed E-state index contributed by atoms with van der Waals surface area (Å²) < 4.78 is 60.3. The lowest BCUT2D eigenvalue weighted by Crippen LogP contribution is -2.20. The molecule has 0 radical (unpaired) electrons. The zero-order valence-electron chi connectivity index (χ0n) is 16.2. The van der Waals surface area contributed by atoms with Crippen LogP contribution < -0.4 is 25.3 Å². The van der Waals surface area contributed by atoms with Crippen molar-refractivity contribution in [3.05, 3.63) is 52.5 Å². The summed E-state index contributed by atoms with van der Waals surface area (Å²) in [4.78, 5) is 12.1. The van der Waals surface area contributed by atoms with Gasteiger partial charge in [-0.3, -0.25) is 0 Å². The second-order valence-corrected chi connectivity index (χ2v) is 6.00. The van der Waals surface area contributed by atoms with Crippen LogP contribution in [-0.4, -0.2) is 31.1 Å². The van der Waals surface area contributed by atoms with E-state index in [1.54, 1.807) is 12.1 Å². The van der Waals surface area contributed by atoms with E-state index in [1.165, 1.54) is 33.5 Å². The molecule has 0 saturated heterocycles. The van der Waals surface area contributed by atoms with Gasteiger partial charge >= 0.3 is 11.9 Å².